The zero-order chi connectivity index (χ0) is 16.6. The molecule has 23 heavy (non-hydrogen) atoms. The Morgan fingerprint density at radius 3 is 2.70 bits per heavy atom. The van der Waals surface area contributed by atoms with Crippen molar-refractivity contribution in [2.24, 2.45) is 5.92 Å². The molecule has 2 N–H and O–H groups in total. The molecule has 1 saturated carbocycles. The van der Waals surface area contributed by atoms with Gasteiger partial charge in [0.2, 0.25) is 0 Å². The smallest absolute Gasteiger partial charge is 0.335 e. The Labute approximate surface area is 136 Å². The third-order valence-electron chi connectivity index (χ3n) is 3.74. The van der Waals surface area contributed by atoms with Gasteiger partial charge in [-0.3, -0.25) is 4.79 Å². The van der Waals surface area contributed by atoms with Crippen LogP contribution in [0.2, 0.25) is 0 Å². The van der Waals surface area contributed by atoms with E-state index in [1.807, 2.05) is 12.3 Å². The number of aryl methyl sites for hydroxylation is 1. The summed E-state index contributed by atoms with van der Waals surface area (Å²) in [5.74, 6) is -2.30. The fourth-order valence-corrected chi connectivity index (χ4v) is 3.32. The normalized spacial score (nSPS) is 15.2. The summed E-state index contributed by atoms with van der Waals surface area (Å²) in [6, 6.07) is 3.06. The van der Waals surface area contributed by atoms with Crippen molar-refractivity contribution in [2.75, 3.05) is 0 Å². The summed E-state index contributed by atoms with van der Waals surface area (Å²) in [6.45, 7) is 1.88. The van der Waals surface area contributed by atoms with Gasteiger partial charge in [0.1, 0.15) is 10.8 Å². The summed E-state index contributed by atoms with van der Waals surface area (Å²) in [5.41, 5.74) is 0.546. The standard InChI is InChI=1S/C16H15FN2O3S/c1-8-7-23-15(18-8)13(9-2-3-9)19-14(20)11-5-4-10(16(21)22)6-12(11)17/h4-7,9,13H,2-3H2,1H3,(H,19,20)(H,21,22). The molecule has 1 unspecified atom stereocenters. The van der Waals surface area contributed by atoms with Crippen molar-refractivity contribution >= 4 is 23.2 Å². The lowest BCUT2D eigenvalue weighted by molar-refractivity contribution is 0.0695. The Bertz CT molecular complexity index is 770. The van der Waals surface area contributed by atoms with Gasteiger partial charge in [-0.15, -0.1) is 11.3 Å². The fourth-order valence-electron chi connectivity index (χ4n) is 2.38. The second kappa shape index (κ2) is 6.08. The molecule has 120 valence electrons. The van der Waals surface area contributed by atoms with Crippen molar-refractivity contribution in [2.45, 2.75) is 25.8 Å². The van der Waals surface area contributed by atoms with Crippen LogP contribution in [0.15, 0.2) is 23.6 Å². The Morgan fingerprint density at radius 2 is 2.17 bits per heavy atom. The average Bonchev–Trinajstić information content (AvgIpc) is 3.25. The summed E-state index contributed by atoms with van der Waals surface area (Å²) in [4.78, 5) is 27.6. The average molecular weight is 334 g/mol. The Hall–Kier alpha value is -2.28. The van der Waals surface area contributed by atoms with Crippen molar-refractivity contribution < 1.29 is 19.1 Å². The summed E-state index contributed by atoms with van der Waals surface area (Å²) in [6.07, 6.45) is 2.01. The molecule has 1 amide bonds. The van der Waals surface area contributed by atoms with Gasteiger partial charge in [-0.05, 0) is 43.9 Å². The highest BCUT2D eigenvalue weighted by Crippen LogP contribution is 2.42. The highest BCUT2D eigenvalue weighted by atomic mass is 32.1. The largest absolute Gasteiger partial charge is 0.478 e. The molecule has 5 nitrogen and oxygen atoms in total. The van der Waals surface area contributed by atoms with E-state index in [0.717, 1.165) is 29.6 Å². The zero-order valence-corrected chi connectivity index (χ0v) is 13.2. The maximum absolute atomic E-state index is 14.0. The number of carbonyl (C=O) groups excluding carboxylic acids is 1. The number of carboxylic acids is 1. The van der Waals surface area contributed by atoms with Gasteiger partial charge in [-0.1, -0.05) is 0 Å². The molecule has 1 aromatic heterocycles. The lowest BCUT2D eigenvalue weighted by atomic mass is 10.1. The van der Waals surface area contributed by atoms with E-state index < -0.39 is 17.7 Å². The van der Waals surface area contributed by atoms with E-state index in [2.05, 4.69) is 10.3 Å². The molecule has 2 aromatic rings. The van der Waals surface area contributed by atoms with Gasteiger partial charge < -0.3 is 10.4 Å². The van der Waals surface area contributed by atoms with Crippen molar-refractivity contribution in [3.63, 3.8) is 0 Å². The number of benzene rings is 1. The minimum Gasteiger partial charge on any atom is -0.478 e. The van der Waals surface area contributed by atoms with Gasteiger partial charge in [0.05, 0.1) is 17.2 Å². The number of hydrogen-bond donors (Lipinski definition) is 2. The first kappa shape index (κ1) is 15.6. The topological polar surface area (TPSA) is 79.3 Å². The Balaban J connectivity index is 1.81. The summed E-state index contributed by atoms with van der Waals surface area (Å²) < 4.78 is 14.0. The Morgan fingerprint density at radius 1 is 1.43 bits per heavy atom. The number of hydrogen-bond acceptors (Lipinski definition) is 4. The predicted molar refractivity (Wildman–Crippen MR) is 83.1 cm³/mol. The van der Waals surface area contributed by atoms with Crippen molar-refractivity contribution in [3.8, 4) is 0 Å². The van der Waals surface area contributed by atoms with Crippen LogP contribution in [0, 0.1) is 18.7 Å². The van der Waals surface area contributed by atoms with Crippen LogP contribution in [0.4, 0.5) is 4.39 Å². The first-order chi connectivity index (χ1) is 11.0. The molecular weight excluding hydrogens is 319 g/mol. The lowest BCUT2D eigenvalue weighted by Gasteiger charge is -2.16. The number of carbonyl (C=O) groups is 2. The summed E-state index contributed by atoms with van der Waals surface area (Å²) in [7, 11) is 0. The number of rotatable bonds is 5. The molecule has 0 spiro atoms. The van der Waals surface area contributed by atoms with Crippen LogP contribution in [-0.2, 0) is 0 Å². The van der Waals surface area contributed by atoms with E-state index >= 15 is 0 Å². The van der Waals surface area contributed by atoms with E-state index in [4.69, 9.17) is 5.11 Å². The Kier molecular flexibility index (Phi) is 4.12. The highest BCUT2D eigenvalue weighted by Gasteiger charge is 2.35. The van der Waals surface area contributed by atoms with Crippen molar-refractivity contribution in [1.82, 2.24) is 10.3 Å². The number of nitrogens with zero attached hydrogens (tertiary/aromatic N) is 1. The monoisotopic (exact) mass is 334 g/mol. The van der Waals surface area contributed by atoms with E-state index in [0.29, 0.717) is 5.92 Å². The molecule has 1 aromatic carbocycles. The number of nitrogens with one attached hydrogen (secondary N) is 1. The number of aromatic carboxylic acids is 1. The molecule has 7 heteroatoms. The zero-order valence-electron chi connectivity index (χ0n) is 12.4. The second-order valence-corrected chi connectivity index (χ2v) is 6.51. The third-order valence-corrected chi connectivity index (χ3v) is 4.79. The van der Waals surface area contributed by atoms with E-state index in [1.54, 1.807) is 0 Å². The second-order valence-electron chi connectivity index (χ2n) is 5.62. The third kappa shape index (κ3) is 3.39. The lowest BCUT2D eigenvalue weighted by Crippen LogP contribution is -2.30. The van der Waals surface area contributed by atoms with Crippen LogP contribution in [0.25, 0.3) is 0 Å². The van der Waals surface area contributed by atoms with E-state index in [9.17, 15) is 14.0 Å². The van der Waals surface area contributed by atoms with Crippen molar-refractivity contribution in [3.05, 3.63) is 51.2 Å². The van der Waals surface area contributed by atoms with E-state index in [1.165, 1.54) is 23.5 Å². The maximum atomic E-state index is 14.0. The summed E-state index contributed by atoms with van der Waals surface area (Å²) >= 11 is 1.48. The minimum atomic E-state index is -1.23. The van der Waals surface area contributed by atoms with Crippen molar-refractivity contribution in [1.29, 1.82) is 0 Å². The molecular formula is C16H15FN2O3S. The molecule has 0 radical (unpaired) electrons. The molecule has 1 aliphatic rings. The molecule has 0 bridgehead atoms. The molecule has 1 aliphatic carbocycles. The van der Waals surface area contributed by atoms with Gasteiger partial charge in [-0.2, -0.15) is 0 Å². The van der Waals surface area contributed by atoms with Crippen LogP contribution >= 0.6 is 11.3 Å². The van der Waals surface area contributed by atoms with Crippen LogP contribution in [0.5, 0.6) is 0 Å². The molecule has 0 aliphatic heterocycles. The van der Waals surface area contributed by atoms with E-state index in [-0.39, 0.29) is 17.2 Å². The molecule has 1 fully saturated rings. The first-order valence-corrected chi connectivity index (χ1v) is 8.09. The molecule has 1 heterocycles. The number of thiazole rings is 1. The van der Waals surface area contributed by atoms with Crippen LogP contribution < -0.4 is 5.32 Å². The fraction of sp³-hybridized carbons (Fsp3) is 0.312. The number of aromatic nitrogens is 1. The maximum Gasteiger partial charge on any atom is 0.335 e. The van der Waals surface area contributed by atoms with Gasteiger partial charge in [0.15, 0.2) is 0 Å². The predicted octanol–water partition coefficient (Wildman–Crippen LogP) is 3.17. The van der Waals surface area contributed by atoms with Crippen LogP contribution in [0.3, 0.4) is 0 Å². The molecule has 3 rings (SSSR count). The first-order valence-electron chi connectivity index (χ1n) is 7.21. The quantitative estimate of drug-likeness (QED) is 0.880. The highest BCUT2D eigenvalue weighted by molar-refractivity contribution is 7.09. The molecule has 0 saturated heterocycles. The van der Waals surface area contributed by atoms with Gasteiger partial charge in [0.25, 0.3) is 5.91 Å². The number of amides is 1. The summed E-state index contributed by atoms with van der Waals surface area (Å²) in [5, 5.41) is 14.4. The molecule has 1 atom stereocenters. The SMILES string of the molecule is Cc1csc(C(NC(=O)c2ccc(C(=O)O)cc2F)C2CC2)n1. The number of halogens is 1. The van der Waals surface area contributed by atoms with Gasteiger partial charge in [-0.25, -0.2) is 14.2 Å². The number of carboxylic acid groups (broad SMARTS) is 1. The van der Waals surface area contributed by atoms with Gasteiger partial charge >= 0.3 is 5.97 Å². The minimum absolute atomic E-state index is 0.158. The van der Waals surface area contributed by atoms with Gasteiger partial charge in [0, 0.05) is 11.1 Å². The van der Waals surface area contributed by atoms with Crippen LogP contribution in [0.1, 0.15) is 50.3 Å². The van der Waals surface area contributed by atoms with Crippen LogP contribution in [-0.4, -0.2) is 22.0 Å².